The topological polar surface area (TPSA) is 105 Å². The lowest BCUT2D eigenvalue weighted by atomic mass is 9.88. The lowest BCUT2D eigenvalue weighted by Gasteiger charge is -2.29. The maximum Gasteiger partial charge on any atom is 0.341 e. The molecule has 2 atom stereocenters. The summed E-state index contributed by atoms with van der Waals surface area (Å²) < 4.78 is 54.6. The molecule has 2 heterocycles. The molecule has 0 aromatic heterocycles. The van der Waals surface area contributed by atoms with Crippen LogP contribution in [0.15, 0.2) is 35.2 Å². The van der Waals surface area contributed by atoms with Gasteiger partial charge in [0.05, 0.1) is 16.7 Å². The Bertz CT molecular complexity index is 1200. The average molecular weight is 507 g/mol. The number of anilines is 1. The molecule has 0 spiro atoms. The molecule has 8 nitrogen and oxygen atoms in total. The lowest BCUT2D eigenvalue weighted by Crippen LogP contribution is -2.29. The maximum atomic E-state index is 14.0. The Morgan fingerprint density at radius 3 is 2.71 bits per heavy atom. The minimum absolute atomic E-state index is 0.0111. The first kappa shape index (κ1) is 25.4. The second kappa shape index (κ2) is 10.5. The molecule has 10 heteroatoms. The summed E-state index contributed by atoms with van der Waals surface area (Å²) in [6.07, 6.45) is 1.64. The van der Waals surface area contributed by atoms with Gasteiger partial charge in [0.1, 0.15) is 23.7 Å². The summed E-state index contributed by atoms with van der Waals surface area (Å²) in [5.41, 5.74) is 0.730. The number of aryl methyl sites for hydroxylation is 1. The van der Waals surface area contributed by atoms with Crippen molar-refractivity contribution in [3.8, 4) is 5.75 Å². The Kier molecular flexibility index (Phi) is 7.63. The van der Waals surface area contributed by atoms with Gasteiger partial charge in [0.15, 0.2) is 0 Å². The number of sulfonamides is 1. The van der Waals surface area contributed by atoms with Crippen LogP contribution in [0.2, 0.25) is 0 Å². The number of hydrogen-bond donors (Lipinski definition) is 2. The van der Waals surface area contributed by atoms with Crippen molar-refractivity contribution in [2.45, 2.75) is 50.0 Å². The Balaban J connectivity index is 1.64. The summed E-state index contributed by atoms with van der Waals surface area (Å²) in [5, 5.41) is 9.94. The Hall–Kier alpha value is -2.69. The van der Waals surface area contributed by atoms with Crippen LogP contribution in [-0.4, -0.2) is 63.3 Å². The van der Waals surface area contributed by atoms with E-state index in [4.69, 9.17) is 9.47 Å². The maximum absolute atomic E-state index is 14.0. The highest BCUT2D eigenvalue weighted by molar-refractivity contribution is 7.92. The van der Waals surface area contributed by atoms with Gasteiger partial charge in [-0.3, -0.25) is 4.72 Å². The first-order chi connectivity index (χ1) is 16.7. The van der Waals surface area contributed by atoms with E-state index in [9.17, 15) is 22.7 Å². The quantitative estimate of drug-likeness (QED) is 0.504. The molecule has 0 saturated carbocycles. The number of rotatable bonds is 10. The Labute approximate surface area is 205 Å². The number of halogens is 1. The third-order valence-corrected chi connectivity index (χ3v) is 8.24. The highest BCUT2D eigenvalue weighted by atomic mass is 32.2. The summed E-state index contributed by atoms with van der Waals surface area (Å²) in [6.45, 7) is 7.38. The van der Waals surface area contributed by atoms with Crippen molar-refractivity contribution in [2.75, 3.05) is 37.6 Å². The van der Waals surface area contributed by atoms with Gasteiger partial charge in [-0.2, -0.15) is 0 Å². The van der Waals surface area contributed by atoms with Crippen LogP contribution < -0.4 is 9.46 Å². The van der Waals surface area contributed by atoms with Crippen molar-refractivity contribution in [2.24, 2.45) is 0 Å². The molecule has 0 bridgehead atoms. The minimum Gasteiger partial charge on any atom is -0.490 e. The molecule has 4 rings (SSSR count). The Morgan fingerprint density at radius 1 is 1.23 bits per heavy atom. The summed E-state index contributed by atoms with van der Waals surface area (Å²) in [7, 11) is -4.20. The molecule has 0 aliphatic carbocycles. The zero-order valence-corrected chi connectivity index (χ0v) is 20.7. The second-order valence-electron chi connectivity index (χ2n) is 8.82. The molecule has 0 amide bonds. The van der Waals surface area contributed by atoms with E-state index in [1.165, 1.54) is 18.2 Å². The Morgan fingerprint density at radius 2 is 2.00 bits per heavy atom. The highest BCUT2D eigenvalue weighted by Crippen LogP contribution is 2.44. The first-order valence-electron chi connectivity index (χ1n) is 11.9. The van der Waals surface area contributed by atoms with E-state index in [2.05, 4.69) is 9.62 Å². The number of ether oxygens (including phenoxy) is 2. The van der Waals surface area contributed by atoms with Crippen LogP contribution in [0.4, 0.5) is 10.1 Å². The molecule has 2 N–H and O–H groups in total. The molecule has 2 aliphatic rings. The standard InChI is InChI=1S/C25H31FN2O6S/c1-3-28(4-2)12-5-6-16-14-17(26)7-10-22(16)35(31,32)27-20-9-8-19-18-11-13-33-21(18)15-34-24(19)23(20)25(29)30/h7-10,14,18,21,27H,3-6,11-13,15H2,1-2H3,(H,29,30)/t18-,21+/m0/s1. The molecule has 35 heavy (non-hydrogen) atoms. The fourth-order valence-corrected chi connectivity index (χ4v) is 6.24. The summed E-state index contributed by atoms with van der Waals surface area (Å²) >= 11 is 0. The minimum atomic E-state index is -4.20. The van der Waals surface area contributed by atoms with E-state index in [0.717, 1.165) is 32.1 Å². The normalized spacial score (nSPS) is 19.2. The van der Waals surface area contributed by atoms with Gasteiger partial charge in [0.2, 0.25) is 0 Å². The predicted molar refractivity (Wildman–Crippen MR) is 129 cm³/mol. The van der Waals surface area contributed by atoms with Crippen LogP contribution in [-0.2, 0) is 21.2 Å². The summed E-state index contributed by atoms with van der Waals surface area (Å²) in [5.74, 6) is -1.64. The van der Waals surface area contributed by atoms with Crippen molar-refractivity contribution in [3.63, 3.8) is 0 Å². The molecule has 2 aromatic rings. The largest absolute Gasteiger partial charge is 0.490 e. The van der Waals surface area contributed by atoms with Gasteiger partial charge < -0.3 is 19.5 Å². The van der Waals surface area contributed by atoms with Gasteiger partial charge in [-0.15, -0.1) is 0 Å². The molecule has 2 aliphatic heterocycles. The number of fused-ring (bicyclic) bond motifs is 3. The second-order valence-corrected chi connectivity index (χ2v) is 10.5. The number of benzene rings is 2. The van der Waals surface area contributed by atoms with Crippen LogP contribution in [0, 0.1) is 5.82 Å². The predicted octanol–water partition coefficient (Wildman–Crippen LogP) is 3.86. The number of nitrogens with zero attached hydrogens (tertiary/aromatic N) is 1. The number of hydrogen-bond acceptors (Lipinski definition) is 6. The summed E-state index contributed by atoms with van der Waals surface area (Å²) in [6, 6.07) is 6.69. The van der Waals surface area contributed by atoms with Crippen LogP contribution in [0.25, 0.3) is 0 Å². The van der Waals surface area contributed by atoms with Crippen LogP contribution in [0.1, 0.15) is 54.1 Å². The third kappa shape index (κ3) is 5.29. The fourth-order valence-electron chi connectivity index (χ4n) is 4.92. The monoisotopic (exact) mass is 506 g/mol. The van der Waals surface area contributed by atoms with Gasteiger partial charge >= 0.3 is 5.97 Å². The fraction of sp³-hybridized carbons (Fsp3) is 0.480. The van der Waals surface area contributed by atoms with Crippen molar-refractivity contribution >= 4 is 21.7 Å². The van der Waals surface area contributed by atoms with Crippen molar-refractivity contribution in [3.05, 3.63) is 52.8 Å². The molecule has 1 saturated heterocycles. The molecule has 190 valence electrons. The molecule has 1 fully saturated rings. The van der Waals surface area contributed by atoms with Gasteiger partial charge in [0.25, 0.3) is 10.0 Å². The van der Waals surface area contributed by atoms with E-state index in [-0.39, 0.29) is 40.5 Å². The van der Waals surface area contributed by atoms with Crippen LogP contribution in [0.5, 0.6) is 5.75 Å². The SMILES string of the molecule is CCN(CC)CCCc1cc(F)ccc1S(=O)(=O)Nc1ccc2c(c1C(=O)O)OC[C@H]1OCC[C@@H]21. The third-order valence-electron chi connectivity index (χ3n) is 6.77. The molecular weight excluding hydrogens is 475 g/mol. The zero-order chi connectivity index (χ0) is 25.2. The van der Waals surface area contributed by atoms with Gasteiger partial charge in [-0.05, 0) is 68.7 Å². The smallest absolute Gasteiger partial charge is 0.341 e. The number of carboxylic acid groups (broad SMARTS) is 1. The number of nitrogens with one attached hydrogen (secondary N) is 1. The zero-order valence-electron chi connectivity index (χ0n) is 19.9. The van der Waals surface area contributed by atoms with E-state index in [1.54, 1.807) is 6.07 Å². The van der Waals surface area contributed by atoms with Gasteiger partial charge in [-0.1, -0.05) is 19.9 Å². The van der Waals surface area contributed by atoms with Gasteiger partial charge in [-0.25, -0.2) is 17.6 Å². The van der Waals surface area contributed by atoms with Crippen molar-refractivity contribution < 1.29 is 32.2 Å². The molecule has 0 radical (unpaired) electrons. The van der Waals surface area contributed by atoms with Crippen LogP contribution >= 0.6 is 0 Å². The lowest BCUT2D eigenvalue weighted by molar-refractivity contribution is 0.0484. The van der Waals surface area contributed by atoms with Crippen LogP contribution in [0.3, 0.4) is 0 Å². The first-order valence-corrected chi connectivity index (χ1v) is 13.4. The molecule has 0 unspecified atom stereocenters. The van der Waals surface area contributed by atoms with E-state index < -0.39 is 21.8 Å². The molecule has 2 aromatic carbocycles. The number of carboxylic acids is 1. The van der Waals surface area contributed by atoms with Crippen molar-refractivity contribution in [1.29, 1.82) is 0 Å². The highest BCUT2D eigenvalue weighted by Gasteiger charge is 2.39. The molecular formula is C25H31FN2O6S. The number of aromatic carboxylic acids is 1. The van der Waals surface area contributed by atoms with Gasteiger partial charge in [0, 0.05) is 18.1 Å². The average Bonchev–Trinajstić information content (AvgIpc) is 3.30. The summed E-state index contributed by atoms with van der Waals surface area (Å²) in [4.78, 5) is 14.3. The van der Waals surface area contributed by atoms with E-state index in [1.807, 2.05) is 13.8 Å². The van der Waals surface area contributed by atoms with E-state index >= 15 is 0 Å². The van der Waals surface area contributed by atoms with E-state index in [0.29, 0.717) is 30.6 Å². The number of carbonyl (C=O) groups is 1. The van der Waals surface area contributed by atoms with Crippen molar-refractivity contribution in [1.82, 2.24) is 4.90 Å².